The molecule has 1 fully saturated rings. The molecule has 68 valence electrons. The molecule has 1 heterocycles. The minimum absolute atomic E-state index is 0.266. The predicted molar refractivity (Wildman–Crippen MR) is 46.7 cm³/mol. The van der Waals surface area contributed by atoms with Gasteiger partial charge in [-0.2, -0.15) is 12.6 Å². The number of urea groups is 1. The third kappa shape index (κ3) is 2.04. The molecule has 2 N–H and O–H groups in total. The van der Waals surface area contributed by atoms with Crippen LogP contribution in [0.4, 0.5) is 4.79 Å². The zero-order valence-corrected chi connectivity index (χ0v) is 7.60. The van der Waals surface area contributed by atoms with E-state index in [9.17, 15) is 9.59 Å². The lowest BCUT2D eigenvalue weighted by Gasteiger charge is -2.16. The van der Waals surface area contributed by atoms with Gasteiger partial charge in [-0.05, 0) is 6.92 Å². The van der Waals surface area contributed by atoms with E-state index in [1.54, 1.807) is 6.92 Å². The van der Waals surface area contributed by atoms with Crippen LogP contribution in [-0.4, -0.2) is 35.3 Å². The number of nitrogens with zero attached hydrogens (tertiary/aromatic N) is 1. The molecular weight excluding hydrogens is 178 g/mol. The first-order chi connectivity index (χ1) is 5.61. The molecule has 1 unspecified atom stereocenters. The predicted octanol–water partition coefficient (Wildman–Crippen LogP) is -0.639. The molecule has 0 aliphatic carbocycles. The fourth-order valence-electron chi connectivity index (χ4n) is 0.805. The van der Waals surface area contributed by atoms with E-state index in [2.05, 4.69) is 23.4 Å². The van der Waals surface area contributed by atoms with Gasteiger partial charge in [0.1, 0.15) is 0 Å². The van der Waals surface area contributed by atoms with Gasteiger partial charge in [0.15, 0.2) is 0 Å². The molecule has 0 aromatic carbocycles. The summed E-state index contributed by atoms with van der Waals surface area (Å²) in [5, 5.41) is 3.40. The SMILES string of the molecule is CC(S)C(=O)NN1CCNC1=O. The van der Waals surface area contributed by atoms with Crippen molar-refractivity contribution in [3.8, 4) is 0 Å². The number of carbonyl (C=O) groups excluding carboxylic acids is 2. The summed E-state index contributed by atoms with van der Waals surface area (Å²) < 4.78 is 0. The number of rotatable bonds is 2. The number of amides is 3. The van der Waals surface area contributed by atoms with Crippen LogP contribution < -0.4 is 10.7 Å². The Morgan fingerprint density at radius 1 is 1.83 bits per heavy atom. The quantitative estimate of drug-likeness (QED) is 0.506. The van der Waals surface area contributed by atoms with Crippen LogP contribution >= 0.6 is 12.6 Å². The van der Waals surface area contributed by atoms with Crippen molar-refractivity contribution >= 4 is 24.6 Å². The maximum Gasteiger partial charge on any atom is 0.336 e. The van der Waals surface area contributed by atoms with Crippen molar-refractivity contribution in [2.75, 3.05) is 13.1 Å². The van der Waals surface area contributed by atoms with E-state index in [1.807, 2.05) is 0 Å². The number of hydrogen-bond donors (Lipinski definition) is 3. The monoisotopic (exact) mass is 189 g/mol. The van der Waals surface area contributed by atoms with Crippen LogP contribution in [0, 0.1) is 0 Å². The first-order valence-corrected chi connectivity index (χ1v) is 4.17. The largest absolute Gasteiger partial charge is 0.336 e. The summed E-state index contributed by atoms with van der Waals surface area (Å²) in [4.78, 5) is 21.9. The van der Waals surface area contributed by atoms with Gasteiger partial charge in [0.2, 0.25) is 0 Å². The van der Waals surface area contributed by atoms with Crippen molar-refractivity contribution in [1.29, 1.82) is 0 Å². The number of hydrazine groups is 1. The zero-order chi connectivity index (χ0) is 9.14. The van der Waals surface area contributed by atoms with Gasteiger partial charge in [-0.15, -0.1) is 0 Å². The highest BCUT2D eigenvalue weighted by molar-refractivity contribution is 7.81. The van der Waals surface area contributed by atoms with E-state index >= 15 is 0 Å². The highest BCUT2D eigenvalue weighted by atomic mass is 32.1. The molecule has 0 aromatic rings. The average molecular weight is 189 g/mol. The molecule has 3 amide bonds. The lowest BCUT2D eigenvalue weighted by atomic mass is 10.4. The molecule has 1 aliphatic rings. The van der Waals surface area contributed by atoms with E-state index in [1.165, 1.54) is 5.01 Å². The highest BCUT2D eigenvalue weighted by Gasteiger charge is 2.22. The van der Waals surface area contributed by atoms with Gasteiger partial charge in [-0.3, -0.25) is 10.2 Å². The smallest absolute Gasteiger partial charge is 0.335 e. The Labute approximate surface area is 75.9 Å². The Morgan fingerprint density at radius 3 is 2.92 bits per heavy atom. The normalized spacial score (nSPS) is 18.8. The third-order valence-electron chi connectivity index (χ3n) is 1.48. The standard InChI is InChI=1S/C6H11N3O2S/c1-4(12)5(10)8-9-3-2-7-6(9)11/h4,12H,2-3H2,1H3,(H,7,11)(H,8,10). The van der Waals surface area contributed by atoms with Crippen LogP contribution in [0.2, 0.25) is 0 Å². The molecule has 0 bridgehead atoms. The summed E-state index contributed by atoms with van der Waals surface area (Å²) in [5.41, 5.74) is 2.43. The maximum atomic E-state index is 11.0. The molecule has 0 saturated carbocycles. The summed E-state index contributed by atoms with van der Waals surface area (Å²) in [5.74, 6) is -0.268. The molecule has 1 aliphatic heterocycles. The van der Waals surface area contributed by atoms with Crippen LogP contribution in [0.5, 0.6) is 0 Å². The Bertz CT molecular complexity index is 207. The first kappa shape index (κ1) is 9.18. The van der Waals surface area contributed by atoms with Crippen LogP contribution in [0.1, 0.15) is 6.92 Å². The summed E-state index contributed by atoms with van der Waals surface area (Å²) in [6, 6.07) is -0.266. The van der Waals surface area contributed by atoms with Crippen LogP contribution in [0.15, 0.2) is 0 Å². The van der Waals surface area contributed by atoms with Gasteiger partial charge in [0.25, 0.3) is 5.91 Å². The second-order valence-electron chi connectivity index (χ2n) is 2.54. The summed E-state index contributed by atoms with van der Waals surface area (Å²) in [6.07, 6.45) is 0. The Morgan fingerprint density at radius 2 is 2.50 bits per heavy atom. The van der Waals surface area contributed by atoms with Gasteiger partial charge < -0.3 is 5.32 Å². The van der Waals surface area contributed by atoms with Crippen molar-refractivity contribution in [3.63, 3.8) is 0 Å². The molecular formula is C6H11N3O2S. The second kappa shape index (κ2) is 3.66. The fraction of sp³-hybridized carbons (Fsp3) is 0.667. The lowest BCUT2D eigenvalue weighted by Crippen LogP contribution is -2.46. The molecule has 0 radical (unpaired) electrons. The second-order valence-corrected chi connectivity index (χ2v) is 3.31. The molecule has 6 heteroatoms. The highest BCUT2D eigenvalue weighted by Crippen LogP contribution is 1.96. The first-order valence-electron chi connectivity index (χ1n) is 3.65. The lowest BCUT2D eigenvalue weighted by molar-refractivity contribution is -0.123. The molecule has 0 spiro atoms. The van der Waals surface area contributed by atoms with Crippen molar-refractivity contribution < 1.29 is 9.59 Å². The van der Waals surface area contributed by atoms with Gasteiger partial charge in [0, 0.05) is 6.54 Å². The van der Waals surface area contributed by atoms with E-state index in [0.717, 1.165) is 0 Å². The topological polar surface area (TPSA) is 61.4 Å². The average Bonchev–Trinajstić information content (AvgIpc) is 2.36. The van der Waals surface area contributed by atoms with Crippen LogP contribution in [0.3, 0.4) is 0 Å². The summed E-state index contributed by atoms with van der Waals surface area (Å²) >= 11 is 3.92. The van der Waals surface area contributed by atoms with E-state index in [0.29, 0.717) is 13.1 Å². The Balaban J connectivity index is 2.40. The number of carbonyl (C=O) groups is 2. The number of hydrogen-bond acceptors (Lipinski definition) is 3. The Kier molecular flexibility index (Phi) is 2.80. The van der Waals surface area contributed by atoms with E-state index in [-0.39, 0.29) is 11.9 Å². The Hall–Kier alpha value is -0.910. The third-order valence-corrected chi connectivity index (χ3v) is 1.72. The van der Waals surface area contributed by atoms with Gasteiger partial charge in [-0.25, -0.2) is 9.80 Å². The molecule has 1 atom stereocenters. The molecule has 1 saturated heterocycles. The van der Waals surface area contributed by atoms with Crippen LogP contribution in [-0.2, 0) is 4.79 Å². The van der Waals surface area contributed by atoms with Gasteiger partial charge in [0.05, 0.1) is 11.8 Å². The van der Waals surface area contributed by atoms with Gasteiger partial charge >= 0.3 is 6.03 Å². The van der Waals surface area contributed by atoms with E-state index < -0.39 is 5.25 Å². The summed E-state index contributed by atoms with van der Waals surface area (Å²) in [7, 11) is 0. The molecule has 1 rings (SSSR count). The summed E-state index contributed by atoms with van der Waals surface area (Å²) in [6.45, 7) is 2.72. The van der Waals surface area contributed by atoms with Gasteiger partial charge in [-0.1, -0.05) is 0 Å². The van der Waals surface area contributed by atoms with E-state index in [4.69, 9.17) is 0 Å². The van der Waals surface area contributed by atoms with Crippen molar-refractivity contribution in [3.05, 3.63) is 0 Å². The number of thiol groups is 1. The fourth-order valence-corrected chi connectivity index (χ4v) is 0.862. The minimum atomic E-state index is -0.404. The number of nitrogens with one attached hydrogen (secondary N) is 2. The molecule has 0 aromatic heterocycles. The van der Waals surface area contributed by atoms with Crippen LogP contribution in [0.25, 0.3) is 0 Å². The van der Waals surface area contributed by atoms with Crippen molar-refractivity contribution in [2.24, 2.45) is 0 Å². The van der Waals surface area contributed by atoms with Crippen molar-refractivity contribution in [2.45, 2.75) is 12.2 Å². The minimum Gasteiger partial charge on any atom is -0.335 e. The van der Waals surface area contributed by atoms with Crippen molar-refractivity contribution in [1.82, 2.24) is 15.8 Å². The molecule has 5 nitrogen and oxygen atoms in total. The zero-order valence-electron chi connectivity index (χ0n) is 6.70. The maximum absolute atomic E-state index is 11.0. The molecule has 12 heavy (non-hydrogen) atoms.